The maximum Gasteiger partial charge on any atom is 0.378 e. The van der Waals surface area contributed by atoms with Crippen molar-refractivity contribution in [2.75, 3.05) is 0 Å². The van der Waals surface area contributed by atoms with Gasteiger partial charge in [-0.05, 0) is 26.3 Å². The van der Waals surface area contributed by atoms with Crippen molar-refractivity contribution in [3.8, 4) is 11.3 Å². The second kappa shape index (κ2) is 4.37. The number of hydrogen-bond acceptors (Lipinski definition) is 5. The van der Waals surface area contributed by atoms with Crippen LogP contribution >= 0.6 is 0 Å². The van der Waals surface area contributed by atoms with Gasteiger partial charge in [-0.25, -0.2) is 9.78 Å². The van der Waals surface area contributed by atoms with Crippen LogP contribution in [0.2, 0.25) is 0 Å². The van der Waals surface area contributed by atoms with Gasteiger partial charge >= 0.3 is 5.97 Å². The molecule has 1 aromatic carbocycles. The smallest absolute Gasteiger partial charge is 0.378 e. The molecular formula is C15H15N3O2. The molecule has 1 aliphatic rings. The van der Waals surface area contributed by atoms with Gasteiger partial charge in [0.1, 0.15) is 11.3 Å². The molecule has 5 nitrogen and oxygen atoms in total. The highest BCUT2D eigenvalue weighted by atomic mass is 16.6. The molecule has 20 heavy (non-hydrogen) atoms. The second-order valence-corrected chi connectivity index (χ2v) is 5.77. The van der Waals surface area contributed by atoms with Crippen molar-refractivity contribution in [1.29, 1.82) is 0 Å². The summed E-state index contributed by atoms with van der Waals surface area (Å²) < 4.78 is 5.26. The third-order valence-electron chi connectivity index (χ3n) is 2.97. The number of carbonyl (C=O) groups excluding carboxylic acids is 1. The van der Waals surface area contributed by atoms with E-state index in [4.69, 9.17) is 4.74 Å². The molecule has 0 unspecified atom stereocenters. The van der Waals surface area contributed by atoms with Crippen LogP contribution in [0.4, 0.5) is 0 Å². The molecule has 0 radical (unpaired) electrons. The molecule has 0 saturated carbocycles. The first kappa shape index (κ1) is 12.7. The van der Waals surface area contributed by atoms with Crippen LogP contribution in [0.3, 0.4) is 0 Å². The van der Waals surface area contributed by atoms with Crippen LogP contribution in [-0.4, -0.2) is 26.8 Å². The van der Waals surface area contributed by atoms with Gasteiger partial charge in [0.2, 0.25) is 0 Å². The van der Waals surface area contributed by atoms with Gasteiger partial charge in [-0.2, -0.15) is 0 Å². The molecule has 1 aliphatic carbocycles. The topological polar surface area (TPSA) is 65.0 Å². The predicted molar refractivity (Wildman–Crippen MR) is 73.2 cm³/mol. The van der Waals surface area contributed by atoms with Crippen LogP contribution in [0, 0.1) is 0 Å². The number of rotatable bonds is 1. The van der Waals surface area contributed by atoms with E-state index in [2.05, 4.69) is 15.2 Å². The number of fused-ring (bicyclic) bond motifs is 3. The lowest BCUT2D eigenvalue weighted by atomic mass is 10.1. The molecule has 0 fully saturated rings. The number of esters is 1. The second-order valence-electron chi connectivity index (χ2n) is 5.77. The van der Waals surface area contributed by atoms with E-state index in [1.807, 2.05) is 45.0 Å². The first-order chi connectivity index (χ1) is 9.44. The Morgan fingerprint density at radius 3 is 2.70 bits per heavy atom. The van der Waals surface area contributed by atoms with Gasteiger partial charge in [0.15, 0.2) is 0 Å². The van der Waals surface area contributed by atoms with Crippen molar-refractivity contribution in [3.63, 3.8) is 0 Å². The van der Waals surface area contributed by atoms with E-state index >= 15 is 0 Å². The van der Waals surface area contributed by atoms with Crippen LogP contribution < -0.4 is 0 Å². The summed E-state index contributed by atoms with van der Waals surface area (Å²) in [6.07, 6.45) is 0.677. The molecule has 2 aromatic rings. The van der Waals surface area contributed by atoms with Crippen molar-refractivity contribution in [2.45, 2.75) is 32.8 Å². The number of ether oxygens (including phenoxy) is 1. The molecule has 0 bridgehead atoms. The average molecular weight is 269 g/mol. The average Bonchev–Trinajstić information content (AvgIpc) is 2.74. The zero-order chi connectivity index (χ0) is 14.3. The summed E-state index contributed by atoms with van der Waals surface area (Å²) in [4.78, 5) is 16.2. The first-order valence-corrected chi connectivity index (χ1v) is 6.49. The Morgan fingerprint density at radius 2 is 1.95 bits per heavy atom. The summed E-state index contributed by atoms with van der Waals surface area (Å²) in [6, 6.07) is 7.96. The molecule has 0 aliphatic heterocycles. The Labute approximate surface area is 117 Å². The number of nitrogens with zero attached hydrogens (tertiary/aromatic N) is 3. The molecule has 0 N–H and O–H groups in total. The SMILES string of the molecule is CC(C)(C)OC(=O)c1nnc2c(n1)Cc1ccccc1-2. The standard InChI is InChI=1S/C15H15N3O2/c1-15(2,3)20-14(19)13-16-11-8-9-6-4-5-7-10(9)12(11)17-18-13/h4-7H,8H2,1-3H3. The van der Waals surface area contributed by atoms with Gasteiger partial charge in [0.25, 0.3) is 5.82 Å². The van der Waals surface area contributed by atoms with Gasteiger partial charge in [0.05, 0.1) is 5.69 Å². The lowest BCUT2D eigenvalue weighted by Gasteiger charge is -2.18. The van der Waals surface area contributed by atoms with Crippen LogP contribution in [-0.2, 0) is 11.2 Å². The van der Waals surface area contributed by atoms with Crippen molar-refractivity contribution in [3.05, 3.63) is 41.3 Å². The molecule has 0 saturated heterocycles. The summed E-state index contributed by atoms with van der Waals surface area (Å²) in [7, 11) is 0. The monoisotopic (exact) mass is 269 g/mol. The zero-order valence-corrected chi connectivity index (χ0v) is 11.7. The van der Waals surface area contributed by atoms with E-state index in [0.717, 1.165) is 22.5 Å². The normalized spacial score (nSPS) is 12.8. The minimum Gasteiger partial charge on any atom is -0.454 e. The maximum absolute atomic E-state index is 11.9. The largest absolute Gasteiger partial charge is 0.454 e. The van der Waals surface area contributed by atoms with E-state index in [1.54, 1.807) is 0 Å². The summed E-state index contributed by atoms with van der Waals surface area (Å²) >= 11 is 0. The molecule has 3 rings (SSSR count). The minimum atomic E-state index is -0.567. The summed E-state index contributed by atoms with van der Waals surface area (Å²) in [5.74, 6) is -0.518. The van der Waals surface area contributed by atoms with Crippen molar-refractivity contribution < 1.29 is 9.53 Å². The van der Waals surface area contributed by atoms with Crippen LogP contribution in [0.5, 0.6) is 0 Å². The third-order valence-corrected chi connectivity index (χ3v) is 2.97. The number of carbonyl (C=O) groups is 1. The Morgan fingerprint density at radius 1 is 1.20 bits per heavy atom. The zero-order valence-electron chi connectivity index (χ0n) is 11.7. The highest BCUT2D eigenvalue weighted by molar-refractivity contribution is 5.86. The van der Waals surface area contributed by atoms with Gasteiger partial charge in [-0.15, -0.1) is 10.2 Å². The molecule has 1 aromatic heterocycles. The first-order valence-electron chi connectivity index (χ1n) is 6.49. The fourth-order valence-corrected chi connectivity index (χ4v) is 2.19. The Hall–Kier alpha value is -2.30. The van der Waals surface area contributed by atoms with Gasteiger partial charge in [-0.1, -0.05) is 24.3 Å². The summed E-state index contributed by atoms with van der Waals surface area (Å²) in [6.45, 7) is 5.42. The molecule has 0 amide bonds. The quantitative estimate of drug-likeness (QED) is 0.635. The summed E-state index contributed by atoms with van der Waals surface area (Å²) in [5.41, 5.74) is 3.17. The lowest BCUT2D eigenvalue weighted by molar-refractivity contribution is 0.00538. The third kappa shape index (κ3) is 2.27. The molecule has 0 atom stereocenters. The molecule has 1 heterocycles. The highest BCUT2D eigenvalue weighted by Crippen LogP contribution is 2.32. The molecule has 102 valence electrons. The van der Waals surface area contributed by atoms with Gasteiger partial charge in [-0.3, -0.25) is 0 Å². The van der Waals surface area contributed by atoms with Crippen LogP contribution in [0.25, 0.3) is 11.3 Å². The predicted octanol–water partition coefficient (Wildman–Crippen LogP) is 2.40. The van der Waals surface area contributed by atoms with Crippen molar-refractivity contribution in [1.82, 2.24) is 15.2 Å². The number of hydrogen-bond donors (Lipinski definition) is 0. The van der Waals surface area contributed by atoms with Gasteiger partial charge in [0, 0.05) is 12.0 Å². The Balaban J connectivity index is 1.93. The number of aromatic nitrogens is 3. The van der Waals surface area contributed by atoms with Crippen molar-refractivity contribution in [2.24, 2.45) is 0 Å². The fraction of sp³-hybridized carbons (Fsp3) is 0.333. The van der Waals surface area contributed by atoms with Crippen LogP contribution in [0.15, 0.2) is 24.3 Å². The lowest BCUT2D eigenvalue weighted by Crippen LogP contribution is -2.25. The van der Waals surface area contributed by atoms with E-state index in [9.17, 15) is 4.79 Å². The van der Waals surface area contributed by atoms with E-state index in [1.165, 1.54) is 0 Å². The highest BCUT2D eigenvalue weighted by Gasteiger charge is 2.26. The van der Waals surface area contributed by atoms with Crippen LogP contribution in [0.1, 0.15) is 42.6 Å². The fourth-order valence-electron chi connectivity index (χ4n) is 2.19. The molecule has 5 heteroatoms. The van der Waals surface area contributed by atoms with Gasteiger partial charge < -0.3 is 4.74 Å². The van der Waals surface area contributed by atoms with Crippen molar-refractivity contribution >= 4 is 5.97 Å². The van der Waals surface area contributed by atoms with E-state index < -0.39 is 11.6 Å². The number of benzene rings is 1. The molecule has 0 spiro atoms. The minimum absolute atomic E-state index is 0.0199. The maximum atomic E-state index is 11.9. The summed E-state index contributed by atoms with van der Waals surface area (Å²) in [5, 5.41) is 8.04. The Bertz CT molecular complexity index is 690. The van der Waals surface area contributed by atoms with E-state index in [-0.39, 0.29) is 5.82 Å². The molecular weight excluding hydrogens is 254 g/mol. The Kier molecular flexibility index (Phi) is 2.78. The van der Waals surface area contributed by atoms with E-state index in [0.29, 0.717) is 6.42 Å².